The molecule has 3 aromatic rings. The molecule has 4 heteroatoms. The monoisotopic (exact) mass is 308 g/mol. The number of para-hydroxylation sites is 2. The minimum absolute atomic E-state index is 0.0358. The topological polar surface area (TPSA) is 43.3 Å². The van der Waals surface area contributed by atoms with Crippen molar-refractivity contribution < 1.29 is 9.53 Å². The summed E-state index contributed by atoms with van der Waals surface area (Å²) in [4.78, 5) is 12.1. The summed E-state index contributed by atoms with van der Waals surface area (Å²) in [7, 11) is 1.64. The van der Waals surface area contributed by atoms with E-state index in [1.807, 2.05) is 42.6 Å². The molecule has 0 saturated carbocycles. The third kappa shape index (κ3) is 3.54. The van der Waals surface area contributed by atoms with Gasteiger partial charge in [0, 0.05) is 36.8 Å². The van der Waals surface area contributed by atoms with Gasteiger partial charge in [-0.3, -0.25) is 4.79 Å². The van der Waals surface area contributed by atoms with Crippen LogP contribution >= 0.6 is 0 Å². The lowest BCUT2D eigenvalue weighted by Gasteiger charge is -2.10. The molecule has 0 aliphatic rings. The van der Waals surface area contributed by atoms with Crippen LogP contribution in [0.4, 0.5) is 0 Å². The number of carbonyl (C=O) groups excluding carboxylic acids is 1. The molecule has 1 N–H and O–H groups in total. The molecule has 0 atom stereocenters. The highest BCUT2D eigenvalue weighted by Gasteiger charge is 2.06. The van der Waals surface area contributed by atoms with Crippen LogP contribution in [0.15, 0.2) is 60.8 Å². The minimum atomic E-state index is 0.0358. The van der Waals surface area contributed by atoms with Crippen molar-refractivity contribution in [3.8, 4) is 5.75 Å². The quantitative estimate of drug-likeness (QED) is 0.759. The zero-order chi connectivity index (χ0) is 16.1. The summed E-state index contributed by atoms with van der Waals surface area (Å²) in [6.07, 6.45) is 2.48. The molecule has 4 nitrogen and oxygen atoms in total. The van der Waals surface area contributed by atoms with Crippen LogP contribution in [0, 0.1) is 0 Å². The number of aryl methyl sites for hydroxylation is 1. The molecule has 0 aliphatic heterocycles. The summed E-state index contributed by atoms with van der Waals surface area (Å²) >= 11 is 0. The lowest BCUT2D eigenvalue weighted by atomic mass is 10.2. The van der Waals surface area contributed by atoms with E-state index in [0.717, 1.165) is 16.8 Å². The van der Waals surface area contributed by atoms with E-state index in [2.05, 4.69) is 28.1 Å². The number of benzene rings is 2. The van der Waals surface area contributed by atoms with Gasteiger partial charge in [0.25, 0.3) is 0 Å². The van der Waals surface area contributed by atoms with Gasteiger partial charge in [0.15, 0.2) is 0 Å². The highest BCUT2D eigenvalue weighted by Crippen LogP contribution is 2.17. The second-order valence-corrected chi connectivity index (χ2v) is 5.41. The number of hydrogen-bond donors (Lipinski definition) is 1. The van der Waals surface area contributed by atoms with Crippen molar-refractivity contribution in [2.24, 2.45) is 0 Å². The Bertz CT molecular complexity index is 808. The predicted molar refractivity (Wildman–Crippen MR) is 91.4 cm³/mol. The standard InChI is InChI=1S/C19H20N2O2/c1-23-18-9-5-3-7-16(18)14-20-19(22)11-13-21-12-10-15-6-2-4-8-17(15)21/h2-10,12H,11,13-14H2,1H3,(H,20,22). The van der Waals surface area contributed by atoms with Crippen LogP contribution in [0.1, 0.15) is 12.0 Å². The smallest absolute Gasteiger partial charge is 0.222 e. The summed E-state index contributed by atoms with van der Waals surface area (Å²) in [6, 6.07) is 18.0. The Morgan fingerprint density at radius 2 is 1.87 bits per heavy atom. The van der Waals surface area contributed by atoms with Crippen LogP contribution in [0.5, 0.6) is 5.75 Å². The van der Waals surface area contributed by atoms with Gasteiger partial charge in [0.05, 0.1) is 7.11 Å². The van der Waals surface area contributed by atoms with Gasteiger partial charge in [-0.2, -0.15) is 0 Å². The fraction of sp³-hybridized carbons (Fsp3) is 0.211. The molecule has 0 unspecified atom stereocenters. The Labute approximate surface area is 135 Å². The Morgan fingerprint density at radius 3 is 2.74 bits per heavy atom. The van der Waals surface area contributed by atoms with E-state index in [4.69, 9.17) is 4.74 Å². The minimum Gasteiger partial charge on any atom is -0.496 e. The Kier molecular flexibility index (Phi) is 4.62. The van der Waals surface area contributed by atoms with Crippen LogP contribution in [-0.4, -0.2) is 17.6 Å². The molecular formula is C19H20N2O2. The summed E-state index contributed by atoms with van der Waals surface area (Å²) in [5, 5.41) is 4.15. The lowest BCUT2D eigenvalue weighted by molar-refractivity contribution is -0.121. The number of amides is 1. The zero-order valence-corrected chi connectivity index (χ0v) is 13.2. The van der Waals surface area contributed by atoms with Crippen LogP contribution in [0.25, 0.3) is 10.9 Å². The van der Waals surface area contributed by atoms with Crippen LogP contribution in [-0.2, 0) is 17.9 Å². The van der Waals surface area contributed by atoms with E-state index >= 15 is 0 Å². The van der Waals surface area contributed by atoms with E-state index in [1.54, 1.807) is 7.11 Å². The van der Waals surface area contributed by atoms with Gasteiger partial charge in [0.2, 0.25) is 5.91 Å². The maximum absolute atomic E-state index is 12.1. The number of nitrogens with zero attached hydrogens (tertiary/aromatic N) is 1. The molecule has 118 valence electrons. The molecule has 0 spiro atoms. The molecule has 2 aromatic carbocycles. The van der Waals surface area contributed by atoms with Crippen molar-refractivity contribution in [2.45, 2.75) is 19.5 Å². The lowest BCUT2D eigenvalue weighted by Crippen LogP contribution is -2.24. The predicted octanol–water partition coefficient (Wildman–Crippen LogP) is 3.36. The van der Waals surface area contributed by atoms with E-state index in [9.17, 15) is 4.79 Å². The zero-order valence-electron chi connectivity index (χ0n) is 13.2. The van der Waals surface area contributed by atoms with Crippen LogP contribution in [0.3, 0.4) is 0 Å². The van der Waals surface area contributed by atoms with Crippen molar-refractivity contribution in [1.82, 2.24) is 9.88 Å². The largest absolute Gasteiger partial charge is 0.496 e. The number of aromatic nitrogens is 1. The van der Waals surface area contributed by atoms with Gasteiger partial charge in [-0.05, 0) is 23.6 Å². The third-order valence-corrected chi connectivity index (χ3v) is 3.93. The molecule has 0 bridgehead atoms. The van der Waals surface area contributed by atoms with E-state index in [-0.39, 0.29) is 5.91 Å². The SMILES string of the molecule is COc1ccccc1CNC(=O)CCn1ccc2ccccc21. The van der Waals surface area contributed by atoms with Gasteiger partial charge in [-0.15, -0.1) is 0 Å². The van der Waals surface area contributed by atoms with E-state index < -0.39 is 0 Å². The maximum Gasteiger partial charge on any atom is 0.222 e. The van der Waals surface area contributed by atoms with Crippen LogP contribution < -0.4 is 10.1 Å². The second kappa shape index (κ2) is 7.01. The number of nitrogens with one attached hydrogen (secondary N) is 1. The summed E-state index contributed by atoms with van der Waals surface area (Å²) in [5.41, 5.74) is 2.14. The third-order valence-electron chi connectivity index (χ3n) is 3.93. The molecule has 1 amide bonds. The number of methoxy groups -OCH3 is 1. The van der Waals surface area contributed by atoms with Crippen molar-refractivity contribution in [3.05, 3.63) is 66.4 Å². The van der Waals surface area contributed by atoms with E-state index in [1.165, 1.54) is 5.39 Å². The number of ether oxygens (including phenoxy) is 1. The van der Waals surface area contributed by atoms with Gasteiger partial charge < -0.3 is 14.6 Å². The first-order chi connectivity index (χ1) is 11.3. The van der Waals surface area contributed by atoms with Gasteiger partial charge in [0.1, 0.15) is 5.75 Å². The summed E-state index contributed by atoms with van der Waals surface area (Å²) in [5.74, 6) is 0.831. The normalized spacial score (nSPS) is 10.7. The first-order valence-corrected chi connectivity index (χ1v) is 7.70. The molecule has 0 radical (unpaired) electrons. The van der Waals surface area contributed by atoms with Crippen molar-refractivity contribution >= 4 is 16.8 Å². The van der Waals surface area contributed by atoms with Gasteiger partial charge in [-0.25, -0.2) is 0 Å². The molecule has 23 heavy (non-hydrogen) atoms. The molecule has 0 saturated heterocycles. The first-order valence-electron chi connectivity index (χ1n) is 7.70. The maximum atomic E-state index is 12.1. The summed E-state index contributed by atoms with van der Waals surface area (Å²) < 4.78 is 7.40. The fourth-order valence-corrected chi connectivity index (χ4v) is 2.69. The molecule has 0 fully saturated rings. The van der Waals surface area contributed by atoms with Crippen LogP contribution in [0.2, 0.25) is 0 Å². The molecule has 0 aliphatic carbocycles. The van der Waals surface area contributed by atoms with Crippen molar-refractivity contribution in [2.75, 3.05) is 7.11 Å². The highest BCUT2D eigenvalue weighted by molar-refractivity contribution is 5.80. The molecular weight excluding hydrogens is 288 g/mol. The second-order valence-electron chi connectivity index (χ2n) is 5.41. The average molecular weight is 308 g/mol. The van der Waals surface area contributed by atoms with Crippen molar-refractivity contribution in [1.29, 1.82) is 0 Å². The first kappa shape index (κ1) is 15.2. The summed E-state index contributed by atoms with van der Waals surface area (Å²) in [6.45, 7) is 1.15. The average Bonchev–Trinajstić information content (AvgIpc) is 3.01. The van der Waals surface area contributed by atoms with E-state index in [0.29, 0.717) is 19.5 Å². The Morgan fingerprint density at radius 1 is 1.09 bits per heavy atom. The van der Waals surface area contributed by atoms with Crippen molar-refractivity contribution in [3.63, 3.8) is 0 Å². The fourth-order valence-electron chi connectivity index (χ4n) is 2.69. The molecule has 1 heterocycles. The number of hydrogen-bond acceptors (Lipinski definition) is 2. The molecule has 3 rings (SSSR count). The Balaban J connectivity index is 1.56. The molecule has 1 aromatic heterocycles. The highest BCUT2D eigenvalue weighted by atomic mass is 16.5. The van der Waals surface area contributed by atoms with Gasteiger partial charge >= 0.3 is 0 Å². The number of rotatable bonds is 6. The Hall–Kier alpha value is -2.75. The van der Waals surface area contributed by atoms with Gasteiger partial charge in [-0.1, -0.05) is 36.4 Å². The number of fused-ring (bicyclic) bond motifs is 1. The number of carbonyl (C=O) groups is 1.